The molecule has 0 aromatic heterocycles. The zero-order valence-electron chi connectivity index (χ0n) is 6.12. The van der Waals surface area contributed by atoms with E-state index in [1.807, 2.05) is 0 Å². The highest BCUT2D eigenvalue weighted by atomic mass is 35.5. The van der Waals surface area contributed by atoms with Gasteiger partial charge in [-0.2, -0.15) is 0 Å². The predicted octanol–water partition coefficient (Wildman–Crippen LogP) is 1.36. The summed E-state index contributed by atoms with van der Waals surface area (Å²) in [4.78, 5) is 10.4. The topological polar surface area (TPSA) is 57.5 Å². The molecule has 12 heavy (non-hydrogen) atoms. The van der Waals surface area contributed by atoms with Crippen molar-refractivity contribution in [2.45, 2.75) is 0 Å². The van der Waals surface area contributed by atoms with Gasteiger partial charge in [0.2, 0.25) is 0 Å². The molecule has 2 N–H and O–H groups in total. The van der Waals surface area contributed by atoms with E-state index in [0.29, 0.717) is 0 Å². The Balaban J connectivity index is 0.00000121. The fourth-order valence-electron chi connectivity index (χ4n) is 0.688. The molecule has 60 valence electrons. The van der Waals surface area contributed by atoms with Crippen LogP contribution in [-0.4, -0.2) is 39.2 Å². The maximum atomic E-state index is 10.4. The number of carboxylic acid groups (broad SMARTS) is 1. The summed E-state index contributed by atoms with van der Waals surface area (Å²) >= 11 is 5.44. The summed E-state index contributed by atoms with van der Waals surface area (Å²) in [6.07, 6.45) is 0. The largest absolute Gasteiger partial charge is 0.505 e. The van der Waals surface area contributed by atoms with Crippen LogP contribution in [0.2, 0.25) is 5.02 Å². The third kappa shape index (κ3) is 2.26. The first-order chi connectivity index (χ1) is 5.13. The third-order valence-electron chi connectivity index (χ3n) is 1.22. The van der Waals surface area contributed by atoms with Gasteiger partial charge in [0.25, 0.3) is 0 Å². The second kappa shape index (κ2) is 4.54. The molecule has 0 heterocycles. The van der Waals surface area contributed by atoms with Crippen molar-refractivity contribution in [3.05, 3.63) is 28.8 Å². The summed E-state index contributed by atoms with van der Waals surface area (Å²) < 4.78 is 0. The quantitative estimate of drug-likeness (QED) is 0.668. The average Bonchev–Trinajstić information content (AvgIpc) is 1.94. The number of hydrogen-bond acceptors (Lipinski definition) is 2. The van der Waals surface area contributed by atoms with Crippen LogP contribution in [0, 0.1) is 0 Å². The standard InChI is InChI=1S/C7H5ClO3.Mg/c8-5-3-1-2-4(6(5)9)7(10)11;/h1-3,9H,(H,10,11);. The van der Waals surface area contributed by atoms with Gasteiger partial charge < -0.3 is 10.2 Å². The SMILES string of the molecule is O=C(O)c1cccc(Cl)c1O.[Mg]. The molecule has 1 aromatic rings. The molecular weight excluding hydrogens is 192 g/mol. The van der Waals surface area contributed by atoms with Crippen molar-refractivity contribution in [2.75, 3.05) is 0 Å². The minimum Gasteiger partial charge on any atom is -0.505 e. The van der Waals surface area contributed by atoms with E-state index in [-0.39, 0.29) is 39.4 Å². The summed E-state index contributed by atoms with van der Waals surface area (Å²) in [5.74, 6) is -1.58. The lowest BCUT2D eigenvalue weighted by atomic mass is 10.2. The van der Waals surface area contributed by atoms with Crippen molar-refractivity contribution in [1.82, 2.24) is 0 Å². The summed E-state index contributed by atoms with van der Waals surface area (Å²) in [6, 6.07) is 4.17. The number of halogens is 1. The summed E-state index contributed by atoms with van der Waals surface area (Å²) in [6.45, 7) is 0. The molecule has 0 aliphatic carbocycles. The molecule has 0 unspecified atom stereocenters. The molecule has 0 atom stereocenters. The monoisotopic (exact) mass is 196 g/mol. The Morgan fingerprint density at radius 1 is 1.42 bits per heavy atom. The van der Waals surface area contributed by atoms with E-state index in [1.54, 1.807) is 0 Å². The fraction of sp³-hybridized carbons (Fsp3) is 0. The molecule has 2 radical (unpaired) electrons. The fourth-order valence-corrected chi connectivity index (χ4v) is 0.862. The van der Waals surface area contributed by atoms with Crippen molar-refractivity contribution in [3.63, 3.8) is 0 Å². The van der Waals surface area contributed by atoms with Crippen LogP contribution in [0.15, 0.2) is 18.2 Å². The Hall–Kier alpha value is -0.454. The Morgan fingerprint density at radius 2 is 2.00 bits per heavy atom. The Labute approximate surface area is 90.1 Å². The van der Waals surface area contributed by atoms with Crippen molar-refractivity contribution in [1.29, 1.82) is 0 Å². The number of hydrogen-bond donors (Lipinski definition) is 2. The molecule has 0 saturated carbocycles. The van der Waals surface area contributed by atoms with E-state index in [2.05, 4.69) is 0 Å². The van der Waals surface area contributed by atoms with E-state index in [1.165, 1.54) is 18.2 Å². The lowest BCUT2D eigenvalue weighted by Gasteiger charge is -1.99. The molecule has 0 aliphatic rings. The molecule has 1 rings (SSSR count). The molecule has 0 bridgehead atoms. The van der Waals surface area contributed by atoms with Gasteiger partial charge in [-0.25, -0.2) is 4.79 Å². The summed E-state index contributed by atoms with van der Waals surface area (Å²) in [5.41, 5.74) is -0.183. The number of rotatable bonds is 1. The second-order valence-corrected chi connectivity index (χ2v) is 2.35. The van der Waals surface area contributed by atoms with Crippen LogP contribution < -0.4 is 0 Å². The summed E-state index contributed by atoms with van der Waals surface area (Å²) in [5, 5.41) is 17.6. The first-order valence-corrected chi connectivity index (χ1v) is 3.21. The highest BCUT2D eigenvalue weighted by Gasteiger charge is 2.10. The maximum Gasteiger partial charge on any atom is 0.339 e. The molecule has 0 spiro atoms. The van der Waals surface area contributed by atoms with Crippen LogP contribution in [0.3, 0.4) is 0 Å². The highest BCUT2D eigenvalue weighted by molar-refractivity contribution is 6.32. The zero-order chi connectivity index (χ0) is 8.43. The van der Waals surface area contributed by atoms with Gasteiger partial charge in [-0.3, -0.25) is 0 Å². The van der Waals surface area contributed by atoms with Gasteiger partial charge >= 0.3 is 5.97 Å². The van der Waals surface area contributed by atoms with Crippen LogP contribution in [0.25, 0.3) is 0 Å². The summed E-state index contributed by atoms with van der Waals surface area (Å²) in [7, 11) is 0. The number of carboxylic acids is 1. The average molecular weight is 197 g/mol. The first-order valence-electron chi connectivity index (χ1n) is 2.83. The van der Waals surface area contributed by atoms with Gasteiger partial charge in [0.15, 0.2) is 0 Å². The zero-order valence-corrected chi connectivity index (χ0v) is 8.29. The van der Waals surface area contributed by atoms with E-state index >= 15 is 0 Å². The van der Waals surface area contributed by atoms with Gasteiger partial charge in [-0.1, -0.05) is 17.7 Å². The van der Waals surface area contributed by atoms with E-state index < -0.39 is 5.97 Å². The van der Waals surface area contributed by atoms with Crippen LogP contribution >= 0.6 is 11.6 Å². The number of phenols is 1. The molecule has 0 aliphatic heterocycles. The van der Waals surface area contributed by atoms with Crippen molar-refractivity contribution < 1.29 is 15.0 Å². The molecule has 5 heteroatoms. The molecule has 0 fully saturated rings. The molecular formula is C7H5ClMgO3. The minimum atomic E-state index is -1.19. The lowest BCUT2D eigenvalue weighted by molar-refractivity contribution is 0.0694. The molecule has 0 amide bonds. The molecule has 0 saturated heterocycles. The molecule has 1 aromatic carbocycles. The van der Waals surface area contributed by atoms with Crippen molar-refractivity contribution in [2.24, 2.45) is 0 Å². The van der Waals surface area contributed by atoms with Crippen molar-refractivity contribution >= 4 is 40.6 Å². The van der Waals surface area contributed by atoms with E-state index in [0.717, 1.165) is 0 Å². The van der Waals surface area contributed by atoms with Crippen LogP contribution in [-0.2, 0) is 0 Å². The highest BCUT2D eigenvalue weighted by Crippen LogP contribution is 2.26. The van der Waals surface area contributed by atoms with Gasteiger partial charge in [-0.15, -0.1) is 0 Å². The predicted molar refractivity (Wildman–Crippen MR) is 45.8 cm³/mol. The molecule has 3 nitrogen and oxygen atoms in total. The van der Waals surface area contributed by atoms with Crippen molar-refractivity contribution in [3.8, 4) is 5.75 Å². The number of aromatic hydroxyl groups is 1. The normalized spacial score (nSPS) is 8.75. The maximum absolute atomic E-state index is 10.4. The third-order valence-corrected chi connectivity index (χ3v) is 1.52. The van der Waals surface area contributed by atoms with Crippen LogP contribution in [0.5, 0.6) is 5.75 Å². The minimum absolute atomic E-state index is 0. The Bertz CT molecular complexity index is 301. The number of para-hydroxylation sites is 1. The smallest absolute Gasteiger partial charge is 0.339 e. The second-order valence-electron chi connectivity index (χ2n) is 1.94. The van der Waals surface area contributed by atoms with Gasteiger partial charge in [0.05, 0.1) is 5.02 Å². The number of carbonyl (C=O) groups is 1. The van der Waals surface area contributed by atoms with E-state index in [4.69, 9.17) is 21.8 Å². The Morgan fingerprint density at radius 3 is 2.42 bits per heavy atom. The van der Waals surface area contributed by atoms with Crippen LogP contribution in [0.4, 0.5) is 0 Å². The Kier molecular flexibility index (Phi) is 4.37. The van der Waals surface area contributed by atoms with Gasteiger partial charge in [-0.05, 0) is 12.1 Å². The number of benzene rings is 1. The van der Waals surface area contributed by atoms with Gasteiger partial charge in [0, 0.05) is 23.1 Å². The lowest BCUT2D eigenvalue weighted by Crippen LogP contribution is -1.95. The van der Waals surface area contributed by atoms with E-state index in [9.17, 15) is 4.79 Å². The van der Waals surface area contributed by atoms with Gasteiger partial charge in [0.1, 0.15) is 11.3 Å². The number of aromatic carboxylic acids is 1. The van der Waals surface area contributed by atoms with Crippen LogP contribution in [0.1, 0.15) is 10.4 Å². The first kappa shape index (κ1) is 11.5.